The fraction of sp³-hybridized carbons (Fsp3) is 0.273. The van der Waals surface area contributed by atoms with Crippen LogP contribution in [0.4, 0.5) is 4.39 Å². The third-order valence-electron chi connectivity index (χ3n) is 5.92. The second kappa shape index (κ2) is 7.55. The second-order valence-electron chi connectivity index (χ2n) is 7.72. The molecule has 1 atom stereocenters. The molecule has 2 aromatic heterocycles. The number of rotatable bonds is 5. The summed E-state index contributed by atoms with van der Waals surface area (Å²) in [4.78, 5) is 43.4. The van der Waals surface area contributed by atoms with E-state index in [0.29, 0.717) is 16.7 Å². The average Bonchev–Trinajstić information content (AvgIpc) is 3.49. The number of benzene rings is 1. The number of aromatic nitrogens is 1. The number of pyridine rings is 1. The minimum Gasteiger partial charge on any atom is -0.494 e. The van der Waals surface area contributed by atoms with E-state index in [4.69, 9.17) is 13.9 Å². The molecule has 1 saturated heterocycles. The van der Waals surface area contributed by atoms with Gasteiger partial charge in [-0.05, 0) is 23.8 Å². The summed E-state index contributed by atoms with van der Waals surface area (Å²) in [6.07, 6.45) is 0. The molecule has 0 spiro atoms. The van der Waals surface area contributed by atoms with Crippen LogP contribution in [0, 0.1) is 5.82 Å². The highest BCUT2D eigenvalue weighted by Crippen LogP contribution is 2.35. The number of nitrogens with one attached hydrogen (secondary N) is 2. The molecule has 11 heteroatoms. The van der Waals surface area contributed by atoms with Gasteiger partial charge in [-0.3, -0.25) is 14.9 Å². The van der Waals surface area contributed by atoms with Gasteiger partial charge in [0.25, 0.3) is 11.8 Å². The molecule has 4 heterocycles. The number of nitrogens with zero attached hydrogens (tertiary/aromatic N) is 2. The Morgan fingerprint density at radius 1 is 1.27 bits per heavy atom. The van der Waals surface area contributed by atoms with E-state index in [0.717, 1.165) is 0 Å². The zero-order valence-electron chi connectivity index (χ0n) is 17.7. The van der Waals surface area contributed by atoms with Gasteiger partial charge in [0.05, 0.1) is 33.0 Å². The maximum Gasteiger partial charge on any atom is 0.356 e. The molecule has 170 valence electrons. The molecule has 0 saturated carbocycles. The SMILES string of the molecule is COC(=O)c1ccc2oc([C@]3(CN4Cc5ccc(OC)c(F)c5C4=O)NCNC3=O)cc2n1. The smallest absolute Gasteiger partial charge is 0.356 e. The van der Waals surface area contributed by atoms with E-state index in [-0.39, 0.29) is 42.5 Å². The molecule has 2 N–H and O–H groups in total. The highest BCUT2D eigenvalue weighted by atomic mass is 19.1. The zero-order valence-corrected chi connectivity index (χ0v) is 17.7. The van der Waals surface area contributed by atoms with Crippen LogP contribution in [0.15, 0.2) is 34.7 Å². The first-order valence-corrected chi connectivity index (χ1v) is 10.1. The molecule has 10 nitrogen and oxygen atoms in total. The summed E-state index contributed by atoms with van der Waals surface area (Å²) in [6.45, 7) is 0.155. The van der Waals surface area contributed by atoms with E-state index >= 15 is 0 Å². The van der Waals surface area contributed by atoms with Gasteiger partial charge in [-0.15, -0.1) is 0 Å². The number of halogens is 1. The Kier molecular flexibility index (Phi) is 4.78. The molecule has 0 radical (unpaired) electrons. The largest absolute Gasteiger partial charge is 0.494 e. The highest BCUT2D eigenvalue weighted by molar-refractivity contribution is 6.00. The Balaban J connectivity index is 1.52. The molecule has 5 rings (SSSR count). The van der Waals surface area contributed by atoms with E-state index in [1.165, 1.54) is 37.3 Å². The maximum atomic E-state index is 14.7. The predicted octanol–water partition coefficient (Wildman–Crippen LogP) is 1.29. The van der Waals surface area contributed by atoms with Gasteiger partial charge >= 0.3 is 5.97 Å². The summed E-state index contributed by atoms with van der Waals surface area (Å²) in [7, 11) is 2.57. The van der Waals surface area contributed by atoms with Crippen molar-refractivity contribution in [3.63, 3.8) is 0 Å². The number of hydrogen-bond donors (Lipinski definition) is 2. The Bertz CT molecular complexity index is 1320. The molecule has 2 aliphatic rings. The Hall–Kier alpha value is -3.99. The number of amides is 2. The fourth-order valence-corrected chi connectivity index (χ4v) is 4.23. The van der Waals surface area contributed by atoms with Gasteiger partial charge < -0.3 is 24.1 Å². The van der Waals surface area contributed by atoms with E-state index < -0.39 is 29.1 Å². The normalized spacial score (nSPS) is 19.7. The molecule has 2 amide bonds. The summed E-state index contributed by atoms with van der Waals surface area (Å²) in [5, 5.41) is 5.77. The predicted molar refractivity (Wildman–Crippen MR) is 111 cm³/mol. The van der Waals surface area contributed by atoms with Crippen molar-refractivity contribution in [2.75, 3.05) is 27.4 Å². The zero-order chi connectivity index (χ0) is 23.3. The number of methoxy groups -OCH3 is 2. The summed E-state index contributed by atoms with van der Waals surface area (Å²) < 4.78 is 30.3. The van der Waals surface area contributed by atoms with Crippen LogP contribution < -0.4 is 15.4 Å². The number of ether oxygens (including phenoxy) is 2. The lowest BCUT2D eigenvalue weighted by molar-refractivity contribution is -0.125. The van der Waals surface area contributed by atoms with Crippen LogP contribution >= 0.6 is 0 Å². The first-order chi connectivity index (χ1) is 15.9. The van der Waals surface area contributed by atoms with Crippen molar-refractivity contribution >= 4 is 28.9 Å². The fourth-order valence-electron chi connectivity index (χ4n) is 4.23. The molecule has 3 aromatic rings. The maximum absolute atomic E-state index is 14.7. The van der Waals surface area contributed by atoms with E-state index in [9.17, 15) is 18.8 Å². The molecule has 1 aromatic carbocycles. The van der Waals surface area contributed by atoms with Crippen LogP contribution in [0.2, 0.25) is 0 Å². The Morgan fingerprint density at radius 3 is 2.79 bits per heavy atom. The first kappa shape index (κ1) is 20.9. The number of furan rings is 1. The van der Waals surface area contributed by atoms with E-state index in [1.54, 1.807) is 12.1 Å². The van der Waals surface area contributed by atoms with Crippen molar-refractivity contribution in [2.45, 2.75) is 12.1 Å². The van der Waals surface area contributed by atoms with Crippen molar-refractivity contribution in [1.82, 2.24) is 20.5 Å². The van der Waals surface area contributed by atoms with Gasteiger partial charge in [-0.25, -0.2) is 14.2 Å². The van der Waals surface area contributed by atoms with Gasteiger partial charge in [0.1, 0.15) is 17.0 Å². The summed E-state index contributed by atoms with van der Waals surface area (Å²) in [6, 6.07) is 7.63. The topological polar surface area (TPSA) is 123 Å². The molecule has 0 unspecified atom stereocenters. The first-order valence-electron chi connectivity index (χ1n) is 10.1. The number of carbonyl (C=O) groups excluding carboxylic acids is 3. The van der Waals surface area contributed by atoms with Crippen molar-refractivity contribution in [1.29, 1.82) is 0 Å². The van der Waals surface area contributed by atoms with Crippen molar-refractivity contribution in [2.24, 2.45) is 0 Å². The van der Waals surface area contributed by atoms with Gasteiger partial charge in [-0.1, -0.05) is 6.07 Å². The average molecular weight is 454 g/mol. The number of esters is 1. The number of fused-ring (bicyclic) bond motifs is 2. The summed E-state index contributed by atoms with van der Waals surface area (Å²) in [5.41, 5.74) is -0.210. The standard InChI is InChI=1S/C22H19FN4O6/c1-31-15-5-3-11-8-27(19(28)17(11)18(15)23)9-22(21(30)24-10-25-22)16-7-13-14(33-16)6-4-12(26-13)20(29)32-2/h3-7,25H,8-10H2,1-2H3,(H,24,30)/t22-/m0/s1. The Labute approximate surface area is 186 Å². The van der Waals surface area contributed by atoms with Crippen LogP contribution in [-0.4, -0.2) is 55.1 Å². The molecular formula is C22H19FN4O6. The van der Waals surface area contributed by atoms with Gasteiger partial charge in [-0.2, -0.15) is 0 Å². The van der Waals surface area contributed by atoms with Crippen LogP contribution in [-0.2, 0) is 21.6 Å². The lowest BCUT2D eigenvalue weighted by atomic mass is 9.95. The van der Waals surface area contributed by atoms with Crippen molar-refractivity contribution in [3.05, 3.63) is 58.7 Å². The quantitative estimate of drug-likeness (QED) is 0.553. The van der Waals surface area contributed by atoms with Crippen molar-refractivity contribution in [3.8, 4) is 5.75 Å². The minimum absolute atomic E-state index is 0.0276. The molecule has 33 heavy (non-hydrogen) atoms. The van der Waals surface area contributed by atoms with Crippen LogP contribution in [0.5, 0.6) is 5.75 Å². The second-order valence-corrected chi connectivity index (χ2v) is 7.72. The molecule has 0 aliphatic carbocycles. The van der Waals surface area contributed by atoms with Gasteiger partial charge in [0.15, 0.2) is 22.7 Å². The lowest BCUT2D eigenvalue weighted by Crippen LogP contribution is -2.52. The number of hydrogen-bond acceptors (Lipinski definition) is 8. The molecule has 2 aliphatic heterocycles. The molecular weight excluding hydrogens is 435 g/mol. The monoisotopic (exact) mass is 454 g/mol. The van der Waals surface area contributed by atoms with Crippen LogP contribution in [0.3, 0.4) is 0 Å². The van der Waals surface area contributed by atoms with Gasteiger partial charge in [0.2, 0.25) is 0 Å². The van der Waals surface area contributed by atoms with E-state index in [2.05, 4.69) is 15.6 Å². The van der Waals surface area contributed by atoms with Crippen LogP contribution in [0.1, 0.15) is 32.2 Å². The highest BCUT2D eigenvalue weighted by Gasteiger charge is 2.50. The number of carbonyl (C=O) groups is 3. The third-order valence-corrected chi connectivity index (χ3v) is 5.92. The lowest BCUT2D eigenvalue weighted by Gasteiger charge is -2.29. The van der Waals surface area contributed by atoms with Gasteiger partial charge in [0, 0.05) is 12.6 Å². The van der Waals surface area contributed by atoms with E-state index in [1.807, 2.05) is 0 Å². The van der Waals surface area contributed by atoms with Crippen molar-refractivity contribution < 1.29 is 32.7 Å². The minimum atomic E-state index is -1.43. The summed E-state index contributed by atoms with van der Waals surface area (Å²) in [5.74, 6) is -2.11. The Morgan fingerprint density at radius 2 is 2.09 bits per heavy atom. The molecule has 1 fully saturated rings. The molecule has 0 bridgehead atoms. The third kappa shape index (κ3) is 3.11. The summed E-state index contributed by atoms with van der Waals surface area (Å²) >= 11 is 0. The van der Waals surface area contributed by atoms with Crippen LogP contribution in [0.25, 0.3) is 11.1 Å².